The van der Waals surface area contributed by atoms with E-state index in [0.717, 1.165) is 5.75 Å². The van der Waals surface area contributed by atoms with Crippen molar-refractivity contribution in [3.63, 3.8) is 0 Å². The Bertz CT molecular complexity index is 549. The van der Waals surface area contributed by atoms with Gasteiger partial charge in [-0.3, -0.25) is 4.68 Å². The highest BCUT2D eigenvalue weighted by Gasteiger charge is 2.17. The van der Waals surface area contributed by atoms with E-state index in [4.69, 9.17) is 9.47 Å². The van der Waals surface area contributed by atoms with Gasteiger partial charge in [-0.1, -0.05) is 18.2 Å². The van der Waals surface area contributed by atoms with Crippen molar-refractivity contribution in [2.75, 3.05) is 6.61 Å². The van der Waals surface area contributed by atoms with Gasteiger partial charge in [-0.25, -0.2) is 4.79 Å². The fraction of sp³-hybridized carbons (Fsp3) is 0.286. The van der Waals surface area contributed by atoms with Crippen LogP contribution in [0, 0.1) is 0 Å². The van der Waals surface area contributed by atoms with Gasteiger partial charge in [0.05, 0.1) is 18.5 Å². The second-order valence-electron chi connectivity index (χ2n) is 3.95. The minimum Gasteiger partial charge on any atom is -0.487 e. The molecule has 2 rings (SSSR count). The maximum atomic E-state index is 11.8. The molecule has 0 aliphatic rings. The van der Waals surface area contributed by atoms with Gasteiger partial charge < -0.3 is 9.47 Å². The molecule has 0 radical (unpaired) electrons. The number of carbonyl (C=O) groups excluding carboxylic acids is 1. The smallest absolute Gasteiger partial charge is 0.341 e. The van der Waals surface area contributed by atoms with Crippen LogP contribution in [0.25, 0.3) is 0 Å². The molecule has 1 aromatic carbocycles. The number of ether oxygens (including phenoxy) is 2. The van der Waals surface area contributed by atoms with E-state index in [-0.39, 0.29) is 12.6 Å². The molecular weight excluding hydrogens is 244 g/mol. The maximum Gasteiger partial charge on any atom is 0.341 e. The Balaban J connectivity index is 2.11. The number of aromatic nitrogens is 2. The molecule has 0 aliphatic heterocycles. The Hall–Kier alpha value is -2.30. The predicted octanol–water partition coefficient (Wildman–Crippen LogP) is 2.18. The molecular formula is C14H16N2O3. The molecule has 0 saturated heterocycles. The molecule has 0 N–H and O–H groups in total. The Morgan fingerprint density at radius 2 is 2.05 bits per heavy atom. The van der Waals surface area contributed by atoms with Crippen LogP contribution >= 0.6 is 0 Å². The zero-order valence-corrected chi connectivity index (χ0v) is 11.0. The Morgan fingerprint density at radius 3 is 2.74 bits per heavy atom. The summed E-state index contributed by atoms with van der Waals surface area (Å²) in [5, 5.41) is 4.07. The molecule has 0 amide bonds. The van der Waals surface area contributed by atoms with E-state index >= 15 is 0 Å². The molecule has 5 heteroatoms. The van der Waals surface area contributed by atoms with Crippen molar-refractivity contribution in [2.45, 2.75) is 13.5 Å². The van der Waals surface area contributed by atoms with E-state index in [0.29, 0.717) is 17.9 Å². The number of hydrogen-bond donors (Lipinski definition) is 0. The number of para-hydroxylation sites is 1. The standard InChI is InChI=1S/C14H16N2O3/c1-3-18-14(17)12-9-15-16(2)13(12)10-19-11-7-5-4-6-8-11/h4-9H,3,10H2,1-2H3. The molecule has 1 heterocycles. The second-order valence-corrected chi connectivity index (χ2v) is 3.95. The van der Waals surface area contributed by atoms with Crippen molar-refractivity contribution in [2.24, 2.45) is 7.05 Å². The molecule has 0 unspecified atom stereocenters. The number of nitrogens with zero attached hydrogens (tertiary/aromatic N) is 2. The lowest BCUT2D eigenvalue weighted by Crippen LogP contribution is -2.11. The summed E-state index contributed by atoms with van der Waals surface area (Å²) in [4.78, 5) is 11.8. The second kappa shape index (κ2) is 6.04. The van der Waals surface area contributed by atoms with Crippen LogP contribution in [0.15, 0.2) is 36.5 Å². The molecule has 19 heavy (non-hydrogen) atoms. The fourth-order valence-corrected chi connectivity index (χ4v) is 1.68. The van der Waals surface area contributed by atoms with Crippen LogP contribution in [0.4, 0.5) is 0 Å². The normalized spacial score (nSPS) is 10.2. The number of esters is 1. The van der Waals surface area contributed by atoms with E-state index in [2.05, 4.69) is 5.10 Å². The molecule has 100 valence electrons. The Labute approximate surface area is 111 Å². The van der Waals surface area contributed by atoms with Crippen molar-refractivity contribution in [3.8, 4) is 5.75 Å². The Kier molecular flexibility index (Phi) is 4.18. The van der Waals surface area contributed by atoms with Gasteiger partial charge >= 0.3 is 5.97 Å². The van der Waals surface area contributed by atoms with E-state index in [1.807, 2.05) is 30.3 Å². The molecule has 0 bridgehead atoms. The topological polar surface area (TPSA) is 53.3 Å². The van der Waals surface area contributed by atoms with Gasteiger partial charge in [-0.15, -0.1) is 0 Å². The molecule has 0 spiro atoms. The largest absolute Gasteiger partial charge is 0.487 e. The summed E-state index contributed by atoms with van der Waals surface area (Å²) in [6, 6.07) is 9.43. The van der Waals surface area contributed by atoms with Crippen LogP contribution in [0.3, 0.4) is 0 Å². The predicted molar refractivity (Wildman–Crippen MR) is 69.9 cm³/mol. The first kappa shape index (κ1) is 13.1. The first-order valence-corrected chi connectivity index (χ1v) is 6.08. The van der Waals surface area contributed by atoms with Crippen LogP contribution in [-0.4, -0.2) is 22.4 Å². The zero-order chi connectivity index (χ0) is 13.7. The summed E-state index contributed by atoms with van der Waals surface area (Å²) in [5.41, 5.74) is 1.14. The molecule has 0 aliphatic carbocycles. The van der Waals surface area contributed by atoms with Crippen molar-refractivity contribution in [3.05, 3.63) is 47.8 Å². The molecule has 1 aromatic heterocycles. The van der Waals surface area contributed by atoms with Gasteiger partial charge in [0.25, 0.3) is 0 Å². The van der Waals surface area contributed by atoms with Gasteiger partial charge in [-0.2, -0.15) is 5.10 Å². The molecule has 5 nitrogen and oxygen atoms in total. The monoisotopic (exact) mass is 260 g/mol. The number of hydrogen-bond acceptors (Lipinski definition) is 4. The molecule has 0 fully saturated rings. The van der Waals surface area contributed by atoms with Crippen molar-refractivity contribution in [1.82, 2.24) is 9.78 Å². The molecule has 0 atom stereocenters. The zero-order valence-electron chi connectivity index (χ0n) is 11.0. The highest BCUT2D eigenvalue weighted by atomic mass is 16.5. The average Bonchev–Trinajstić information content (AvgIpc) is 2.79. The van der Waals surface area contributed by atoms with Gasteiger partial charge in [0.1, 0.15) is 17.9 Å². The third-order valence-electron chi connectivity index (χ3n) is 2.68. The summed E-state index contributed by atoms with van der Waals surface area (Å²) in [5.74, 6) is 0.376. The number of rotatable bonds is 5. The van der Waals surface area contributed by atoms with Crippen molar-refractivity contribution >= 4 is 5.97 Å². The van der Waals surface area contributed by atoms with Gasteiger partial charge in [0.15, 0.2) is 0 Å². The maximum absolute atomic E-state index is 11.8. The van der Waals surface area contributed by atoms with Crippen molar-refractivity contribution in [1.29, 1.82) is 0 Å². The lowest BCUT2D eigenvalue weighted by molar-refractivity contribution is 0.0523. The minimum absolute atomic E-state index is 0.272. The third kappa shape index (κ3) is 3.13. The summed E-state index contributed by atoms with van der Waals surface area (Å²) in [6.07, 6.45) is 1.50. The SMILES string of the molecule is CCOC(=O)c1cnn(C)c1COc1ccccc1. The highest BCUT2D eigenvalue weighted by Crippen LogP contribution is 2.14. The van der Waals surface area contributed by atoms with Crippen LogP contribution in [0.5, 0.6) is 5.75 Å². The third-order valence-corrected chi connectivity index (χ3v) is 2.68. The van der Waals surface area contributed by atoms with E-state index in [1.165, 1.54) is 6.20 Å². The number of aryl methyl sites for hydroxylation is 1. The van der Waals surface area contributed by atoms with E-state index < -0.39 is 0 Å². The fourth-order valence-electron chi connectivity index (χ4n) is 1.68. The van der Waals surface area contributed by atoms with E-state index in [1.54, 1.807) is 18.7 Å². The van der Waals surface area contributed by atoms with Crippen molar-refractivity contribution < 1.29 is 14.3 Å². The summed E-state index contributed by atoms with van der Waals surface area (Å²) in [7, 11) is 1.77. The first-order valence-electron chi connectivity index (χ1n) is 6.08. The van der Waals surface area contributed by atoms with Gasteiger partial charge in [0, 0.05) is 7.05 Å². The molecule has 2 aromatic rings. The van der Waals surface area contributed by atoms with Crippen LogP contribution in [-0.2, 0) is 18.4 Å². The highest BCUT2D eigenvalue weighted by molar-refractivity contribution is 5.90. The lowest BCUT2D eigenvalue weighted by Gasteiger charge is -2.08. The molecule has 0 saturated carbocycles. The first-order chi connectivity index (χ1) is 9.22. The average molecular weight is 260 g/mol. The minimum atomic E-state index is -0.373. The van der Waals surface area contributed by atoms with Gasteiger partial charge in [-0.05, 0) is 19.1 Å². The van der Waals surface area contributed by atoms with Gasteiger partial charge in [0.2, 0.25) is 0 Å². The number of carbonyl (C=O) groups is 1. The van der Waals surface area contributed by atoms with E-state index in [9.17, 15) is 4.79 Å². The Morgan fingerprint density at radius 1 is 1.32 bits per heavy atom. The van der Waals surface area contributed by atoms with Crippen LogP contribution in [0.2, 0.25) is 0 Å². The lowest BCUT2D eigenvalue weighted by atomic mass is 10.2. The summed E-state index contributed by atoms with van der Waals surface area (Å²) >= 11 is 0. The summed E-state index contributed by atoms with van der Waals surface area (Å²) < 4.78 is 12.2. The number of benzene rings is 1. The van der Waals surface area contributed by atoms with Crippen LogP contribution in [0.1, 0.15) is 23.0 Å². The van der Waals surface area contributed by atoms with Crippen LogP contribution < -0.4 is 4.74 Å². The quantitative estimate of drug-likeness (QED) is 0.773. The summed E-state index contributed by atoms with van der Waals surface area (Å²) in [6.45, 7) is 2.38.